The van der Waals surface area contributed by atoms with E-state index < -0.39 is 0 Å². The molecule has 4 heteroatoms. The summed E-state index contributed by atoms with van der Waals surface area (Å²) < 4.78 is 13.1. The van der Waals surface area contributed by atoms with Crippen LogP contribution in [0.5, 0.6) is 0 Å². The fraction of sp³-hybridized carbons (Fsp3) is 0. The molecule has 242 valence electrons. The number of benzene rings is 8. The zero-order valence-corrected chi connectivity index (χ0v) is 27.9. The minimum absolute atomic E-state index is 0.670. The van der Waals surface area contributed by atoms with Crippen LogP contribution in [0.25, 0.3) is 110 Å². The van der Waals surface area contributed by atoms with Crippen molar-refractivity contribution < 1.29 is 8.83 Å². The zero-order valence-electron chi connectivity index (χ0n) is 27.9. The predicted octanol–water partition coefficient (Wildman–Crippen LogP) is 13.2. The summed E-state index contributed by atoms with van der Waals surface area (Å²) >= 11 is 0. The molecule has 0 fully saturated rings. The van der Waals surface area contributed by atoms with Crippen LogP contribution in [0, 0.1) is 0 Å². The normalized spacial score (nSPS) is 11.8. The quantitative estimate of drug-likeness (QED) is 0.176. The Bertz CT molecular complexity index is 3190. The van der Waals surface area contributed by atoms with Gasteiger partial charge in [0.15, 0.2) is 5.82 Å². The first kappa shape index (κ1) is 28.8. The number of aromatic nitrogens is 2. The summed E-state index contributed by atoms with van der Waals surface area (Å²) in [5, 5.41) is 9.01. The van der Waals surface area contributed by atoms with Gasteiger partial charge in [0.2, 0.25) is 0 Å². The number of para-hydroxylation sites is 2. The van der Waals surface area contributed by atoms with Gasteiger partial charge in [0.1, 0.15) is 22.3 Å². The van der Waals surface area contributed by atoms with Crippen molar-refractivity contribution in [2.24, 2.45) is 0 Å². The van der Waals surface area contributed by atoms with Crippen molar-refractivity contribution in [2.75, 3.05) is 0 Å². The molecule has 0 aliphatic heterocycles. The van der Waals surface area contributed by atoms with E-state index >= 15 is 0 Å². The number of hydrogen-bond donors (Lipinski definition) is 0. The summed E-state index contributed by atoms with van der Waals surface area (Å²) in [6, 6.07) is 58.9. The molecule has 0 unspecified atom stereocenters. The lowest BCUT2D eigenvalue weighted by atomic mass is 9.94. The third-order valence-corrected chi connectivity index (χ3v) is 10.3. The highest BCUT2D eigenvalue weighted by Gasteiger charge is 2.21. The summed E-state index contributed by atoms with van der Waals surface area (Å²) in [5.74, 6) is 0.670. The maximum Gasteiger partial charge on any atom is 0.160 e. The molecule has 0 aliphatic carbocycles. The van der Waals surface area contributed by atoms with E-state index in [1.165, 1.54) is 21.5 Å². The molecule has 0 bridgehead atoms. The van der Waals surface area contributed by atoms with E-state index in [1.807, 2.05) is 48.5 Å². The number of rotatable bonds is 4. The molecular formula is C48H28N2O2. The second-order valence-corrected chi connectivity index (χ2v) is 13.3. The smallest absolute Gasteiger partial charge is 0.160 e. The minimum Gasteiger partial charge on any atom is -0.456 e. The largest absolute Gasteiger partial charge is 0.456 e. The maximum absolute atomic E-state index is 6.59. The van der Waals surface area contributed by atoms with Gasteiger partial charge in [-0.25, -0.2) is 9.97 Å². The van der Waals surface area contributed by atoms with E-state index in [2.05, 4.69) is 121 Å². The number of hydrogen-bond acceptors (Lipinski definition) is 4. The minimum atomic E-state index is 0.670. The van der Waals surface area contributed by atoms with E-state index in [4.69, 9.17) is 18.8 Å². The third kappa shape index (κ3) is 4.41. The van der Waals surface area contributed by atoms with Crippen LogP contribution >= 0.6 is 0 Å². The van der Waals surface area contributed by atoms with Crippen LogP contribution in [-0.2, 0) is 0 Å². The van der Waals surface area contributed by atoms with Crippen LogP contribution < -0.4 is 0 Å². The van der Waals surface area contributed by atoms with Gasteiger partial charge in [0, 0.05) is 43.8 Å². The van der Waals surface area contributed by atoms with Crippen LogP contribution in [0.3, 0.4) is 0 Å². The van der Waals surface area contributed by atoms with Gasteiger partial charge in [-0.1, -0.05) is 140 Å². The molecule has 0 N–H and O–H groups in total. The molecule has 0 atom stereocenters. The first-order valence-electron chi connectivity index (χ1n) is 17.5. The van der Waals surface area contributed by atoms with E-state index in [-0.39, 0.29) is 0 Å². The lowest BCUT2D eigenvalue weighted by Gasteiger charge is -2.12. The van der Waals surface area contributed by atoms with Crippen molar-refractivity contribution in [3.05, 3.63) is 170 Å². The fourth-order valence-electron chi connectivity index (χ4n) is 7.88. The van der Waals surface area contributed by atoms with Crippen molar-refractivity contribution in [1.29, 1.82) is 0 Å². The van der Waals surface area contributed by atoms with Crippen LogP contribution in [0.15, 0.2) is 179 Å². The average Bonchev–Trinajstić information content (AvgIpc) is 3.80. The van der Waals surface area contributed by atoms with Gasteiger partial charge < -0.3 is 8.83 Å². The SMILES string of the molecule is c1ccc(-c2cc(-c3cccc4oc5cccc(-c6cccc7c6oc6ccccc67)c5c34)nc(-c3ccc4ccc5ccccc5c4c3)n2)cc1. The molecule has 3 heterocycles. The van der Waals surface area contributed by atoms with Crippen LogP contribution in [0.4, 0.5) is 0 Å². The lowest BCUT2D eigenvalue weighted by molar-refractivity contribution is 0.669. The molecule has 52 heavy (non-hydrogen) atoms. The monoisotopic (exact) mass is 664 g/mol. The summed E-state index contributed by atoms with van der Waals surface area (Å²) in [7, 11) is 0. The third-order valence-electron chi connectivity index (χ3n) is 10.3. The van der Waals surface area contributed by atoms with Crippen molar-refractivity contribution in [3.63, 3.8) is 0 Å². The van der Waals surface area contributed by atoms with Gasteiger partial charge >= 0.3 is 0 Å². The molecule has 0 aliphatic rings. The number of nitrogens with zero attached hydrogens (tertiary/aromatic N) is 2. The van der Waals surface area contributed by atoms with Crippen molar-refractivity contribution >= 4 is 65.4 Å². The summed E-state index contributed by atoms with van der Waals surface area (Å²) in [5.41, 5.74) is 10.1. The van der Waals surface area contributed by atoms with Crippen molar-refractivity contribution in [3.8, 4) is 45.0 Å². The topological polar surface area (TPSA) is 52.1 Å². The van der Waals surface area contributed by atoms with E-state index in [9.17, 15) is 0 Å². The average molecular weight is 665 g/mol. The Labute approximate surface area is 298 Å². The van der Waals surface area contributed by atoms with E-state index in [0.29, 0.717) is 5.82 Å². The highest BCUT2D eigenvalue weighted by Crippen LogP contribution is 2.44. The van der Waals surface area contributed by atoms with E-state index in [1.54, 1.807) is 0 Å². The fourth-order valence-corrected chi connectivity index (χ4v) is 7.88. The summed E-state index contributed by atoms with van der Waals surface area (Å²) in [6.07, 6.45) is 0. The van der Waals surface area contributed by atoms with Gasteiger partial charge in [-0.15, -0.1) is 0 Å². The predicted molar refractivity (Wildman–Crippen MR) is 213 cm³/mol. The second kappa shape index (κ2) is 11.2. The highest BCUT2D eigenvalue weighted by atomic mass is 16.3. The van der Waals surface area contributed by atoms with Gasteiger partial charge in [0.05, 0.1) is 11.4 Å². The molecule has 0 saturated heterocycles. The Kier molecular flexibility index (Phi) is 6.22. The van der Waals surface area contributed by atoms with Gasteiger partial charge in [-0.05, 0) is 57.4 Å². The Morgan fingerprint density at radius 1 is 0.346 bits per heavy atom. The lowest BCUT2D eigenvalue weighted by Crippen LogP contribution is -1.96. The van der Waals surface area contributed by atoms with Crippen LogP contribution in [0.1, 0.15) is 0 Å². The Hall–Kier alpha value is -7.04. The maximum atomic E-state index is 6.59. The Morgan fingerprint density at radius 3 is 1.83 bits per heavy atom. The summed E-state index contributed by atoms with van der Waals surface area (Å²) in [4.78, 5) is 10.5. The first-order chi connectivity index (χ1) is 25.8. The van der Waals surface area contributed by atoms with Crippen LogP contribution in [-0.4, -0.2) is 9.97 Å². The molecule has 8 aromatic carbocycles. The summed E-state index contributed by atoms with van der Waals surface area (Å²) in [6.45, 7) is 0. The van der Waals surface area contributed by atoms with E-state index in [0.717, 1.165) is 83.1 Å². The molecule has 11 aromatic rings. The van der Waals surface area contributed by atoms with Gasteiger partial charge in [0.25, 0.3) is 0 Å². The molecule has 0 saturated carbocycles. The number of furan rings is 2. The van der Waals surface area contributed by atoms with Crippen molar-refractivity contribution in [2.45, 2.75) is 0 Å². The molecular weight excluding hydrogens is 637 g/mol. The molecule has 0 radical (unpaired) electrons. The molecule has 3 aromatic heterocycles. The zero-order chi connectivity index (χ0) is 34.2. The highest BCUT2D eigenvalue weighted by molar-refractivity contribution is 6.20. The molecule has 0 amide bonds. The van der Waals surface area contributed by atoms with Gasteiger partial charge in [-0.3, -0.25) is 0 Å². The number of fused-ring (bicyclic) bond motifs is 9. The molecule has 0 spiro atoms. The molecule has 4 nitrogen and oxygen atoms in total. The Balaban J connectivity index is 1.18. The Morgan fingerprint density at radius 2 is 0.962 bits per heavy atom. The standard InChI is InChI=1S/C48H28N2O2/c1-2-12-31(13-3-1)40-28-41(50-48(49-40)32-26-25-30-24-23-29-11-4-5-14-33(29)39(30)27-32)38-19-10-22-44-46(38)45-35(16-9-21-43(45)51-44)37-18-8-17-36-34-15-6-7-20-42(34)52-47(36)37/h1-28H. The first-order valence-corrected chi connectivity index (χ1v) is 17.5. The second-order valence-electron chi connectivity index (χ2n) is 13.3. The molecule has 11 rings (SSSR count). The van der Waals surface area contributed by atoms with Gasteiger partial charge in [-0.2, -0.15) is 0 Å². The van der Waals surface area contributed by atoms with Crippen LogP contribution in [0.2, 0.25) is 0 Å². The van der Waals surface area contributed by atoms with Crippen molar-refractivity contribution in [1.82, 2.24) is 9.97 Å².